The maximum atomic E-state index is 5.41. The molecule has 21 heavy (non-hydrogen) atoms. The van der Waals surface area contributed by atoms with Gasteiger partial charge in [-0.05, 0) is 50.8 Å². The lowest BCUT2D eigenvalue weighted by Crippen LogP contribution is -2.21. The smallest absolute Gasteiger partial charge is 0.226 e. The minimum atomic E-state index is 0.402. The third-order valence-corrected chi connectivity index (χ3v) is 4.48. The van der Waals surface area contributed by atoms with Gasteiger partial charge >= 0.3 is 0 Å². The van der Waals surface area contributed by atoms with E-state index in [0.29, 0.717) is 12.0 Å². The average Bonchev–Trinajstić information content (AvgIpc) is 3.01. The summed E-state index contributed by atoms with van der Waals surface area (Å²) in [6, 6.07) is 9.15. The predicted octanol–water partition coefficient (Wildman–Crippen LogP) is 2.88. The van der Waals surface area contributed by atoms with Crippen LogP contribution in [0.4, 0.5) is 0 Å². The molecule has 0 aliphatic heterocycles. The Hall–Kier alpha value is -1.68. The first-order valence-corrected chi connectivity index (χ1v) is 7.82. The summed E-state index contributed by atoms with van der Waals surface area (Å²) in [7, 11) is 1.98. The molecule has 0 fully saturated rings. The molecule has 0 saturated heterocycles. The van der Waals surface area contributed by atoms with Crippen molar-refractivity contribution in [1.82, 2.24) is 15.5 Å². The fourth-order valence-corrected chi connectivity index (χ4v) is 2.94. The van der Waals surface area contributed by atoms with Gasteiger partial charge in [-0.2, -0.15) is 4.98 Å². The SMILES string of the molecule is CNC(C)CCc1nc(C2CCc3ccccc3C2)no1. The van der Waals surface area contributed by atoms with Crippen LogP contribution in [0.15, 0.2) is 28.8 Å². The Morgan fingerprint density at radius 3 is 2.95 bits per heavy atom. The van der Waals surface area contributed by atoms with E-state index in [1.165, 1.54) is 11.1 Å². The second kappa shape index (κ2) is 6.39. The average molecular weight is 285 g/mol. The molecule has 0 amide bonds. The van der Waals surface area contributed by atoms with Crippen molar-refractivity contribution >= 4 is 0 Å². The highest BCUT2D eigenvalue weighted by Crippen LogP contribution is 2.31. The van der Waals surface area contributed by atoms with Crippen LogP contribution in [-0.2, 0) is 19.3 Å². The lowest BCUT2D eigenvalue weighted by Gasteiger charge is -2.21. The summed E-state index contributed by atoms with van der Waals surface area (Å²) in [5.74, 6) is 2.06. The summed E-state index contributed by atoms with van der Waals surface area (Å²) in [5.41, 5.74) is 2.91. The molecule has 1 N–H and O–H groups in total. The van der Waals surface area contributed by atoms with Gasteiger partial charge in [-0.15, -0.1) is 0 Å². The minimum absolute atomic E-state index is 0.402. The lowest BCUT2D eigenvalue weighted by molar-refractivity contribution is 0.359. The molecule has 4 heteroatoms. The van der Waals surface area contributed by atoms with Gasteiger partial charge in [0.15, 0.2) is 5.82 Å². The second-order valence-corrected chi connectivity index (χ2v) is 5.98. The summed E-state index contributed by atoms with van der Waals surface area (Å²) < 4.78 is 5.41. The van der Waals surface area contributed by atoms with Gasteiger partial charge in [0, 0.05) is 18.4 Å². The number of nitrogens with one attached hydrogen (secondary N) is 1. The number of aryl methyl sites for hydroxylation is 2. The number of fused-ring (bicyclic) bond motifs is 1. The third-order valence-electron chi connectivity index (χ3n) is 4.48. The molecule has 2 atom stereocenters. The molecular weight excluding hydrogens is 262 g/mol. The Morgan fingerprint density at radius 2 is 2.14 bits per heavy atom. The number of aromatic nitrogens is 2. The van der Waals surface area contributed by atoms with Crippen LogP contribution >= 0.6 is 0 Å². The first-order chi connectivity index (χ1) is 10.3. The van der Waals surface area contributed by atoms with E-state index >= 15 is 0 Å². The maximum absolute atomic E-state index is 5.41. The molecule has 1 aliphatic rings. The minimum Gasteiger partial charge on any atom is -0.339 e. The molecule has 2 aromatic rings. The van der Waals surface area contributed by atoms with E-state index in [1.54, 1.807) is 0 Å². The van der Waals surface area contributed by atoms with Crippen LogP contribution < -0.4 is 5.32 Å². The van der Waals surface area contributed by atoms with Gasteiger partial charge in [-0.25, -0.2) is 0 Å². The largest absolute Gasteiger partial charge is 0.339 e. The fourth-order valence-electron chi connectivity index (χ4n) is 2.94. The van der Waals surface area contributed by atoms with E-state index in [1.807, 2.05) is 7.05 Å². The normalized spacial score (nSPS) is 19.2. The zero-order valence-corrected chi connectivity index (χ0v) is 12.8. The molecule has 0 spiro atoms. The van der Waals surface area contributed by atoms with Gasteiger partial charge in [-0.3, -0.25) is 0 Å². The van der Waals surface area contributed by atoms with Crippen molar-refractivity contribution < 1.29 is 4.52 Å². The van der Waals surface area contributed by atoms with Gasteiger partial charge in [0.25, 0.3) is 0 Å². The molecule has 4 nitrogen and oxygen atoms in total. The van der Waals surface area contributed by atoms with E-state index < -0.39 is 0 Å². The van der Waals surface area contributed by atoms with E-state index in [-0.39, 0.29) is 0 Å². The Morgan fingerprint density at radius 1 is 1.33 bits per heavy atom. The standard InChI is InChI=1S/C17H23N3O/c1-12(18-2)7-10-16-19-17(20-21-16)15-9-8-13-5-3-4-6-14(13)11-15/h3-6,12,15,18H,7-11H2,1-2H3. The number of hydrogen-bond donors (Lipinski definition) is 1. The first-order valence-electron chi connectivity index (χ1n) is 7.82. The maximum Gasteiger partial charge on any atom is 0.226 e. The van der Waals surface area contributed by atoms with Crippen LogP contribution in [0.3, 0.4) is 0 Å². The second-order valence-electron chi connectivity index (χ2n) is 5.98. The van der Waals surface area contributed by atoms with Crippen LogP contribution in [0.2, 0.25) is 0 Å². The molecule has 0 bridgehead atoms. The van der Waals surface area contributed by atoms with Crippen LogP contribution in [0.1, 0.15) is 48.5 Å². The van der Waals surface area contributed by atoms with Crippen LogP contribution in [-0.4, -0.2) is 23.2 Å². The van der Waals surface area contributed by atoms with Gasteiger partial charge in [0.1, 0.15) is 0 Å². The van der Waals surface area contributed by atoms with Gasteiger partial charge in [-0.1, -0.05) is 29.4 Å². The topological polar surface area (TPSA) is 51.0 Å². The molecular formula is C17H23N3O. The molecule has 1 aromatic carbocycles. The molecule has 0 saturated carbocycles. The number of hydrogen-bond acceptors (Lipinski definition) is 4. The molecule has 1 aromatic heterocycles. The zero-order valence-electron chi connectivity index (χ0n) is 12.8. The van der Waals surface area contributed by atoms with Crippen LogP contribution in [0.5, 0.6) is 0 Å². The number of nitrogens with zero attached hydrogens (tertiary/aromatic N) is 2. The fraction of sp³-hybridized carbons (Fsp3) is 0.529. The third kappa shape index (κ3) is 3.32. The van der Waals surface area contributed by atoms with Gasteiger partial charge in [0.05, 0.1) is 0 Å². The van der Waals surface area contributed by atoms with Gasteiger partial charge < -0.3 is 9.84 Å². The highest BCUT2D eigenvalue weighted by molar-refractivity contribution is 5.31. The van der Waals surface area contributed by atoms with Gasteiger partial charge in [0.2, 0.25) is 5.89 Å². The lowest BCUT2D eigenvalue weighted by atomic mass is 9.83. The van der Waals surface area contributed by atoms with Crippen molar-refractivity contribution in [2.45, 2.75) is 51.0 Å². The Kier molecular flexibility index (Phi) is 4.34. The molecule has 3 rings (SSSR count). The summed E-state index contributed by atoms with van der Waals surface area (Å²) in [6.07, 6.45) is 5.12. The van der Waals surface area contributed by atoms with E-state index in [2.05, 4.69) is 46.6 Å². The predicted molar refractivity (Wildman–Crippen MR) is 82.3 cm³/mol. The Bertz CT molecular complexity index is 593. The Balaban J connectivity index is 1.65. The van der Waals surface area contributed by atoms with Crippen molar-refractivity contribution in [1.29, 1.82) is 0 Å². The van der Waals surface area contributed by atoms with E-state index in [0.717, 1.165) is 43.8 Å². The summed E-state index contributed by atoms with van der Waals surface area (Å²) in [4.78, 5) is 4.61. The van der Waals surface area contributed by atoms with Crippen LogP contribution in [0, 0.1) is 0 Å². The van der Waals surface area contributed by atoms with Crippen molar-refractivity contribution in [3.05, 3.63) is 47.1 Å². The molecule has 112 valence electrons. The number of rotatable bonds is 5. The first kappa shape index (κ1) is 14.3. The molecule has 2 unspecified atom stereocenters. The van der Waals surface area contributed by atoms with Crippen molar-refractivity contribution in [3.8, 4) is 0 Å². The quantitative estimate of drug-likeness (QED) is 0.917. The number of benzene rings is 1. The zero-order chi connectivity index (χ0) is 14.7. The highest BCUT2D eigenvalue weighted by atomic mass is 16.5. The monoisotopic (exact) mass is 285 g/mol. The Labute approximate surface area is 126 Å². The van der Waals surface area contributed by atoms with Crippen molar-refractivity contribution in [2.75, 3.05) is 7.05 Å². The van der Waals surface area contributed by atoms with Crippen molar-refractivity contribution in [3.63, 3.8) is 0 Å². The molecule has 1 aliphatic carbocycles. The van der Waals surface area contributed by atoms with E-state index in [4.69, 9.17) is 4.52 Å². The summed E-state index contributed by atoms with van der Waals surface area (Å²) in [5, 5.41) is 7.44. The molecule has 0 radical (unpaired) electrons. The van der Waals surface area contributed by atoms with Crippen LogP contribution in [0.25, 0.3) is 0 Å². The van der Waals surface area contributed by atoms with Crippen molar-refractivity contribution in [2.24, 2.45) is 0 Å². The molecule has 1 heterocycles. The summed E-state index contributed by atoms with van der Waals surface area (Å²) in [6.45, 7) is 2.16. The highest BCUT2D eigenvalue weighted by Gasteiger charge is 2.24. The van der Waals surface area contributed by atoms with E-state index in [9.17, 15) is 0 Å². The summed E-state index contributed by atoms with van der Waals surface area (Å²) >= 11 is 0.